The van der Waals surface area contributed by atoms with E-state index in [9.17, 15) is 10.1 Å². The first-order valence-electron chi connectivity index (χ1n) is 5.44. The van der Waals surface area contributed by atoms with Gasteiger partial charge in [-0.1, -0.05) is 30.3 Å². The highest BCUT2D eigenvalue weighted by molar-refractivity contribution is 5.23. The Morgan fingerprint density at radius 3 is 2.18 bits per heavy atom. The third kappa shape index (κ3) is 2.16. The highest BCUT2D eigenvalue weighted by Gasteiger charge is 2.51. The van der Waals surface area contributed by atoms with E-state index < -0.39 is 11.3 Å². The van der Waals surface area contributed by atoms with Crippen LogP contribution in [0.5, 0.6) is 0 Å². The van der Waals surface area contributed by atoms with Crippen LogP contribution in [0.1, 0.15) is 19.4 Å². The Morgan fingerprint density at radius 1 is 1.18 bits per heavy atom. The van der Waals surface area contributed by atoms with E-state index in [0.717, 1.165) is 0 Å². The van der Waals surface area contributed by atoms with Crippen molar-refractivity contribution in [3.05, 3.63) is 46.0 Å². The fraction of sp³-hybridized carbons (Fsp3) is 0.500. The Kier molecular flexibility index (Phi) is 2.89. The molecule has 92 valence electrons. The summed E-state index contributed by atoms with van der Waals surface area (Å²) >= 11 is 0. The van der Waals surface area contributed by atoms with Crippen molar-refractivity contribution in [1.82, 2.24) is 0 Å². The lowest BCUT2D eigenvalue weighted by molar-refractivity contribution is -0.605. The molecule has 0 bridgehead atoms. The molecule has 0 atom stereocenters. The lowest BCUT2D eigenvalue weighted by Crippen LogP contribution is -2.53. The second-order valence-corrected chi connectivity index (χ2v) is 4.63. The molecule has 1 heterocycles. The summed E-state index contributed by atoms with van der Waals surface area (Å²) in [6.45, 7) is 3.55. The summed E-state index contributed by atoms with van der Waals surface area (Å²) in [5, 5.41) is 11.3. The maximum atomic E-state index is 11.3. The Balaban J connectivity index is 2.33. The van der Waals surface area contributed by atoms with Crippen LogP contribution in [0.25, 0.3) is 0 Å². The Bertz CT molecular complexity index is 406. The quantitative estimate of drug-likeness (QED) is 0.582. The van der Waals surface area contributed by atoms with Crippen LogP contribution in [0, 0.1) is 10.1 Å². The standard InChI is InChI=1S/C12H15NO4/c1-11(2)16-8-12(9-17-11,13(14)15)10-6-4-3-5-7-10/h3-7H,8-9H2,1-2H3. The minimum absolute atomic E-state index is 0.0248. The number of nitrogens with zero attached hydrogens (tertiary/aromatic N) is 1. The highest BCUT2D eigenvalue weighted by atomic mass is 16.7. The van der Waals surface area contributed by atoms with Crippen molar-refractivity contribution in [2.75, 3.05) is 13.2 Å². The van der Waals surface area contributed by atoms with Crippen molar-refractivity contribution in [2.24, 2.45) is 0 Å². The lowest BCUT2D eigenvalue weighted by Gasteiger charge is -2.38. The molecular formula is C12H15NO4. The van der Waals surface area contributed by atoms with Gasteiger partial charge in [0.15, 0.2) is 5.79 Å². The first-order chi connectivity index (χ1) is 7.96. The molecule has 0 saturated carbocycles. The van der Waals surface area contributed by atoms with E-state index in [0.29, 0.717) is 5.56 Å². The first-order valence-corrected chi connectivity index (χ1v) is 5.44. The third-order valence-corrected chi connectivity index (χ3v) is 2.98. The van der Waals surface area contributed by atoms with Gasteiger partial charge in [-0.05, 0) is 13.8 Å². The van der Waals surface area contributed by atoms with Gasteiger partial charge in [0, 0.05) is 10.5 Å². The van der Waals surface area contributed by atoms with Crippen molar-refractivity contribution in [3.8, 4) is 0 Å². The maximum Gasteiger partial charge on any atom is 0.292 e. The van der Waals surface area contributed by atoms with Crippen molar-refractivity contribution >= 4 is 0 Å². The van der Waals surface area contributed by atoms with Gasteiger partial charge in [0.2, 0.25) is 0 Å². The summed E-state index contributed by atoms with van der Waals surface area (Å²) in [5.74, 6) is -0.756. The van der Waals surface area contributed by atoms with Gasteiger partial charge in [-0.3, -0.25) is 10.1 Å². The van der Waals surface area contributed by atoms with Crippen LogP contribution < -0.4 is 0 Å². The van der Waals surface area contributed by atoms with E-state index in [1.807, 2.05) is 6.07 Å². The summed E-state index contributed by atoms with van der Waals surface area (Å²) < 4.78 is 10.9. The molecule has 1 fully saturated rings. The van der Waals surface area contributed by atoms with Crippen LogP contribution in [0.3, 0.4) is 0 Å². The van der Waals surface area contributed by atoms with Crippen molar-refractivity contribution in [3.63, 3.8) is 0 Å². The molecule has 1 aliphatic rings. The molecule has 1 aliphatic heterocycles. The molecule has 1 aromatic rings. The van der Waals surface area contributed by atoms with E-state index >= 15 is 0 Å². The van der Waals surface area contributed by atoms with Crippen molar-refractivity contribution in [2.45, 2.75) is 25.2 Å². The van der Waals surface area contributed by atoms with Gasteiger partial charge < -0.3 is 9.47 Å². The maximum absolute atomic E-state index is 11.3. The van der Waals surface area contributed by atoms with Crippen LogP contribution in [0.15, 0.2) is 30.3 Å². The minimum Gasteiger partial charge on any atom is -0.343 e. The zero-order valence-electron chi connectivity index (χ0n) is 9.88. The van der Waals surface area contributed by atoms with E-state index in [-0.39, 0.29) is 18.1 Å². The van der Waals surface area contributed by atoms with E-state index in [1.165, 1.54) is 0 Å². The Morgan fingerprint density at radius 2 is 1.71 bits per heavy atom. The summed E-state index contributed by atoms with van der Waals surface area (Å²) in [7, 11) is 0. The van der Waals surface area contributed by atoms with Gasteiger partial charge in [0.1, 0.15) is 13.2 Å². The fourth-order valence-corrected chi connectivity index (χ4v) is 1.80. The number of benzene rings is 1. The predicted molar refractivity (Wildman–Crippen MR) is 61.1 cm³/mol. The van der Waals surface area contributed by atoms with E-state index in [1.54, 1.807) is 38.1 Å². The molecule has 0 aromatic heterocycles. The molecule has 0 N–H and O–H groups in total. The van der Waals surface area contributed by atoms with Gasteiger partial charge >= 0.3 is 0 Å². The molecule has 5 heteroatoms. The molecule has 0 radical (unpaired) electrons. The average Bonchev–Trinajstić information content (AvgIpc) is 2.30. The molecule has 0 unspecified atom stereocenters. The van der Waals surface area contributed by atoms with E-state index in [4.69, 9.17) is 9.47 Å². The van der Waals surface area contributed by atoms with Crippen LogP contribution in [0.4, 0.5) is 0 Å². The number of rotatable bonds is 2. The Hall–Kier alpha value is -1.46. The van der Waals surface area contributed by atoms with E-state index in [2.05, 4.69) is 0 Å². The van der Waals surface area contributed by atoms with Crippen molar-refractivity contribution in [1.29, 1.82) is 0 Å². The summed E-state index contributed by atoms with van der Waals surface area (Å²) in [5.41, 5.74) is -0.683. The average molecular weight is 237 g/mol. The van der Waals surface area contributed by atoms with Gasteiger partial charge in [-0.25, -0.2) is 0 Å². The molecule has 2 rings (SSSR count). The topological polar surface area (TPSA) is 61.6 Å². The van der Waals surface area contributed by atoms with Crippen LogP contribution in [-0.2, 0) is 15.0 Å². The molecule has 0 spiro atoms. The lowest BCUT2D eigenvalue weighted by atomic mass is 9.91. The second kappa shape index (κ2) is 4.09. The number of nitro groups is 1. The summed E-state index contributed by atoms with van der Waals surface area (Å²) in [6.07, 6.45) is 0. The normalized spacial score (nSPS) is 22.0. The summed E-state index contributed by atoms with van der Waals surface area (Å²) in [6, 6.07) is 8.84. The van der Waals surface area contributed by atoms with Crippen LogP contribution in [0.2, 0.25) is 0 Å². The number of hydrogen-bond acceptors (Lipinski definition) is 4. The molecule has 0 aliphatic carbocycles. The number of hydrogen-bond donors (Lipinski definition) is 0. The Labute approximate surface area is 99.5 Å². The van der Waals surface area contributed by atoms with Gasteiger partial charge in [0.05, 0.1) is 0 Å². The predicted octanol–water partition coefficient (Wildman–Crippen LogP) is 1.94. The largest absolute Gasteiger partial charge is 0.343 e. The molecular weight excluding hydrogens is 222 g/mol. The van der Waals surface area contributed by atoms with Gasteiger partial charge in [-0.2, -0.15) is 0 Å². The summed E-state index contributed by atoms with van der Waals surface area (Å²) in [4.78, 5) is 11.0. The van der Waals surface area contributed by atoms with Crippen LogP contribution >= 0.6 is 0 Å². The van der Waals surface area contributed by atoms with Gasteiger partial charge in [0.25, 0.3) is 5.54 Å². The van der Waals surface area contributed by atoms with Gasteiger partial charge in [-0.15, -0.1) is 0 Å². The zero-order chi connectivity index (χ0) is 12.5. The monoisotopic (exact) mass is 237 g/mol. The smallest absolute Gasteiger partial charge is 0.292 e. The molecule has 1 saturated heterocycles. The zero-order valence-corrected chi connectivity index (χ0v) is 9.88. The SMILES string of the molecule is CC1(C)OCC(c2ccccc2)([N+](=O)[O-])CO1. The molecule has 5 nitrogen and oxygen atoms in total. The van der Waals surface area contributed by atoms with Crippen molar-refractivity contribution < 1.29 is 14.4 Å². The first kappa shape index (κ1) is 12.0. The second-order valence-electron chi connectivity index (χ2n) is 4.63. The fourth-order valence-electron chi connectivity index (χ4n) is 1.80. The third-order valence-electron chi connectivity index (χ3n) is 2.98. The van der Waals surface area contributed by atoms with Crippen LogP contribution in [-0.4, -0.2) is 23.9 Å². The molecule has 0 amide bonds. The molecule has 1 aromatic carbocycles. The highest BCUT2D eigenvalue weighted by Crippen LogP contribution is 2.33. The number of ether oxygens (including phenoxy) is 2. The minimum atomic E-state index is -1.29. The molecule has 17 heavy (non-hydrogen) atoms.